The number of anilines is 1. The highest BCUT2D eigenvalue weighted by atomic mass is 32.1. The second-order valence-corrected chi connectivity index (χ2v) is 7.28. The van der Waals surface area contributed by atoms with Crippen LogP contribution in [0.3, 0.4) is 0 Å². The Morgan fingerprint density at radius 3 is 2.43 bits per heavy atom. The number of thiazole rings is 1. The van der Waals surface area contributed by atoms with Gasteiger partial charge in [-0.2, -0.15) is 0 Å². The molecule has 0 fully saturated rings. The van der Waals surface area contributed by atoms with Crippen LogP contribution in [-0.4, -0.2) is 23.5 Å². The third-order valence-electron chi connectivity index (χ3n) is 4.14. The van der Waals surface area contributed by atoms with E-state index in [1.54, 1.807) is 6.92 Å². The van der Waals surface area contributed by atoms with Gasteiger partial charge >= 0.3 is 5.97 Å². The Morgan fingerprint density at radius 1 is 1.07 bits per heavy atom. The van der Waals surface area contributed by atoms with E-state index < -0.39 is 40.7 Å². The van der Waals surface area contributed by atoms with Crippen LogP contribution in [0.5, 0.6) is 0 Å². The van der Waals surface area contributed by atoms with Crippen LogP contribution in [0.2, 0.25) is 0 Å². The van der Waals surface area contributed by atoms with E-state index in [0.29, 0.717) is 11.8 Å². The number of benzene rings is 2. The number of ether oxygens (including phenoxy) is 1. The highest BCUT2D eigenvalue weighted by molar-refractivity contribution is 7.18. The molecule has 0 aliphatic rings. The molecule has 1 heterocycles. The van der Waals surface area contributed by atoms with Crippen molar-refractivity contribution in [3.8, 4) is 0 Å². The van der Waals surface area contributed by atoms with Gasteiger partial charge in [-0.05, 0) is 31.2 Å². The molecule has 1 aromatic heterocycles. The van der Waals surface area contributed by atoms with Crippen LogP contribution in [0.4, 0.5) is 23.2 Å². The highest BCUT2D eigenvalue weighted by Crippen LogP contribution is 2.30. The summed E-state index contributed by atoms with van der Waals surface area (Å²) < 4.78 is 59.3. The first kappa shape index (κ1) is 21.7. The maximum atomic E-state index is 14.0. The normalized spacial score (nSPS) is 11.0. The van der Waals surface area contributed by atoms with Crippen LogP contribution in [0.25, 0.3) is 10.2 Å². The zero-order valence-corrected chi connectivity index (χ0v) is 16.6. The summed E-state index contributed by atoms with van der Waals surface area (Å²) in [6.45, 7) is 1.61. The minimum Gasteiger partial charge on any atom is -0.466 e. The number of amides is 1. The number of rotatable bonds is 7. The van der Waals surface area contributed by atoms with Gasteiger partial charge in [0, 0.05) is 18.2 Å². The molecule has 10 heteroatoms. The summed E-state index contributed by atoms with van der Waals surface area (Å²) in [5, 5.41) is 0.141. The Hall–Kier alpha value is -3.01. The first-order chi connectivity index (χ1) is 14.3. The summed E-state index contributed by atoms with van der Waals surface area (Å²) in [5.74, 6) is -5.17. The van der Waals surface area contributed by atoms with Crippen LogP contribution in [0.15, 0.2) is 30.3 Å². The van der Waals surface area contributed by atoms with Crippen molar-refractivity contribution in [1.82, 2.24) is 4.98 Å². The van der Waals surface area contributed by atoms with Gasteiger partial charge in [-0.1, -0.05) is 0 Å². The van der Waals surface area contributed by atoms with E-state index in [9.17, 15) is 27.2 Å². The fourth-order valence-corrected chi connectivity index (χ4v) is 3.71. The average molecular weight is 440 g/mol. The number of aromatic nitrogens is 1. The highest BCUT2D eigenvalue weighted by Gasteiger charge is 2.22. The third kappa shape index (κ3) is 4.76. The largest absolute Gasteiger partial charge is 0.466 e. The summed E-state index contributed by atoms with van der Waals surface area (Å²) >= 11 is 0.770. The number of hydrogen-bond donors (Lipinski definition) is 0. The van der Waals surface area contributed by atoms with Gasteiger partial charge in [0.2, 0.25) is 5.91 Å². The average Bonchev–Trinajstić information content (AvgIpc) is 3.14. The van der Waals surface area contributed by atoms with E-state index in [0.717, 1.165) is 23.5 Å². The molecule has 158 valence electrons. The molecule has 0 unspecified atom stereocenters. The Labute approximate surface area is 172 Å². The molecule has 0 N–H and O–H groups in total. The minimum atomic E-state index is -1.36. The fraction of sp³-hybridized carbons (Fsp3) is 0.250. The quantitative estimate of drug-likeness (QED) is 0.303. The molecular weight excluding hydrogens is 424 g/mol. The summed E-state index contributed by atoms with van der Waals surface area (Å²) in [5.41, 5.74) is -0.165. The van der Waals surface area contributed by atoms with E-state index in [2.05, 4.69) is 4.98 Å². The lowest BCUT2D eigenvalue weighted by molar-refractivity contribution is -0.144. The van der Waals surface area contributed by atoms with Gasteiger partial charge in [0.25, 0.3) is 0 Å². The van der Waals surface area contributed by atoms with Crippen LogP contribution < -0.4 is 4.90 Å². The summed E-state index contributed by atoms with van der Waals surface area (Å²) in [4.78, 5) is 29.4. The SMILES string of the molecule is CCOC(=O)CCC(=O)N(Cc1nc2c(F)c(F)cc(F)c2s1)c1ccc(F)cc1. The van der Waals surface area contributed by atoms with Gasteiger partial charge < -0.3 is 9.64 Å². The van der Waals surface area contributed by atoms with Gasteiger partial charge in [-0.25, -0.2) is 22.5 Å². The summed E-state index contributed by atoms with van der Waals surface area (Å²) in [7, 11) is 0. The van der Waals surface area contributed by atoms with E-state index in [1.165, 1.54) is 17.0 Å². The monoisotopic (exact) mass is 440 g/mol. The smallest absolute Gasteiger partial charge is 0.306 e. The predicted molar refractivity (Wildman–Crippen MR) is 103 cm³/mol. The van der Waals surface area contributed by atoms with Gasteiger partial charge in [0.05, 0.1) is 24.3 Å². The molecule has 0 aliphatic carbocycles. The Balaban J connectivity index is 1.90. The lowest BCUT2D eigenvalue weighted by Crippen LogP contribution is -2.30. The maximum Gasteiger partial charge on any atom is 0.306 e. The molecule has 0 bridgehead atoms. The summed E-state index contributed by atoms with van der Waals surface area (Å²) in [6, 6.07) is 5.43. The van der Waals surface area contributed by atoms with Gasteiger partial charge in [0.15, 0.2) is 11.6 Å². The molecule has 2 aromatic carbocycles. The lowest BCUT2D eigenvalue weighted by atomic mass is 10.2. The van der Waals surface area contributed by atoms with E-state index >= 15 is 0 Å². The van der Waals surface area contributed by atoms with Gasteiger partial charge in [-0.3, -0.25) is 9.59 Å². The minimum absolute atomic E-state index is 0.141. The van der Waals surface area contributed by atoms with Crippen LogP contribution >= 0.6 is 11.3 Å². The zero-order chi connectivity index (χ0) is 21.8. The van der Waals surface area contributed by atoms with E-state index in [-0.39, 0.29) is 35.7 Å². The standard InChI is InChI=1S/C20H16F4N2O3S/c1-2-29-17(28)8-7-16(27)26(12-5-3-11(21)4-6-12)10-15-25-19-18(24)13(22)9-14(23)20(19)30-15/h3-6,9H,2,7-8,10H2,1H3. The number of hydrogen-bond acceptors (Lipinski definition) is 5. The molecule has 3 rings (SSSR count). The second-order valence-electron chi connectivity index (χ2n) is 6.20. The molecule has 30 heavy (non-hydrogen) atoms. The number of carbonyl (C=O) groups excluding carboxylic acids is 2. The van der Waals surface area contributed by atoms with Crippen molar-refractivity contribution in [3.63, 3.8) is 0 Å². The van der Waals surface area contributed by atoms with Crippen LogP contribution in [0.1, 0.15) is 24.8 Å². The number of halogens is 4. The van der Waals surface area contributed by atoms with Crippen molar-refractivity contribution in [2.75, 3.05) is 11.5 Å². The number of nitrogens with zero attached hydrogens (tertiary/aromatic N) is 2. The molecule has 0 saturated carbocycles. The summed E-state index contributed by atoms with van der Waals surface area (Å²) in [6.07, 6.45) is -0.364. The first-order valence-corrected chi connectivity index (χ1v) is 9.76. The van der Waals surface area contributed by atoms with Crippen molar-refractivity contribution < 1.29 is 31.9 Å². The van der Waals surface area contributed by atoms with Crippen molar-refractivity contribution >= 4 is 39.1 Å². The Morgan fingerprint density at radius 2 is 1.77 bits per heavy atom. The Kier molecular flexibility index (Phi) is 6.66. The molecular formula is C20H16F4N2O3S. The van der Waals surface area contributed by atoms with E-state index in [4.69, 9.17) is 4.74 Å². The van der Waals surface area contributed by atoms with Crippen LogP contribution in [-0.2, 0) is 20.9 Å². The molecule has 0 radical (unpaired) electrons. The zero-order valence-electron chi connectivity index (χ0n) is 15.8. The second kappa shape index (κ2) is 9.21. The molecule has 0 saturated heterocycles. The third-order valence-corrected chi connectivity index (χ3v) is 5.19. The molecule has 5 nitrogen and oxygen atoms in total. The van der Waals surface area contributed by atoms with Crippen molar-refractivity contribution in [2.45, 2.75) is 26.3 Å². The number of fused-ring (bicyclic) bond motifs is 1. The van der Waals surface area contributed by atoms with Crippen LogP contribution in [0, 0.1) is 23.3 Å². The number of esters is 1. The molecule has 1 amide bonds. The predicted octanol–water partition coefficient (Wildman–Crippen LogP) is 4.73. The van der Waals surface area contributed by atoms with E-state index in [1.807, 2.05) is 0 Å². The number of carbonyl (C=O) groups is 2. The van der Waals surface area contributed by atoms with Crippen molar-refractivity contribution in [3.05, 3.63) is 58.6 Å². The Bertz CT molecular complexity index is 1090. The molecule has 0 aliphatic heterocycles. The molecule has 0 atom stereocenters. The first-order valence-electron chi connectivity index (χ1n) is 8.94. The molecule has 3 aromatic rings. The molecule has 0 spiro atoms. The van der Waals surface area contributed by atoms with Crippen molar-refractivity contribution in [2.24, 2.45) is 0 Å². The fourth-order valence-electron chi connectivity index (χ4n) is 2.75. The van der Waals surface area contributed by atoms with Gasteiger partial charge in [-0.15, -0.1) is 11.3 Å². The maximum absolute atomic E-state index is 14.0. The lowest BCUT2D eigenvalue weighted by Gasteiger charge is -2.21. The van der Waals surface area contributed by atoms with Gasteiger partial charge in [0.1, 0.15) is 22.2 Å². The van der Waals surface area contributed by atoms with Crippen molar-refractivity contribution in [1.29, 1.82) is 0 Å². The topological polar surface area (TPSA) is 59.5 Å².